The molecular formula is C17H24IN3. The molecule has 1 heterocycles. The molecule has 0 aromatic carbocycles. The molecule has 4 fully saturated rings. The van der Waals surface area contributed by atoms with Gasteiger partial charge in [-0.15, -0.1) is 0 Å². The van der Waals surface area contributed by atoms with Gasteiger partial charge in [0.25, 0.3) is 0 Å². The molecule has 0 amide bonds. The lowest BCUT2D eigenvalue weighted by atomic mass is 9.49. The number of nitrogens with zero attached hydrogens (tertiary/aromatic N) is 2. The van der Waals surface area contributed by atoms with Crippen LogP contribution in [0.3, 0.4) is 0 Å². The highest BCUT2D eigenvalue weighted by Crippen LogP contribution is 2.60. The van der Waals surface area contributed by atoms with Crippen LogP contribution < -0.4 is 5.73 Å². The van der Waals surface area contributed by atoms with Crippen LogP contribution in [0.25, 0.3) is 0 Å². The van der Waals surface area contributed by atoms with Crippen LogP contribution in [0.15, 0.2) is 0 Å². The van der Waals surface area contributed by atoms with Gasteiger partial charge in [-0.05, 0) is 84.8 Å². The van der Waals surface area contributed by atoms with Crippen molar-refractivity contribution < 1.29 is 0 Å². The first-order valence-corrected chi connectivity index (χ1v) is 9.38. The first-order valence-electron chi connectivity index (χ1n) is 8.30. The molecule has 1 aromatic heterocycles. The maximum atomic E-state index is 6.22. The molecule has 5 rings (SSSR count). The Hall–Kier alpha value is -0.390. The Morgan fingerprint density at radius 2 is 1.57 bits per heavy atom. The van der Waals surface area contributed by atoms with Crippen molar-refractivity contribution in [1.29, 1.82) is 0 Å². The van der Waals surface area contributed by atoms with E-state index in [1.54, 1.807) is 0 Å². The van der Waals surface area contributed by atoms with E-state index >= 15 is 0 Å². The number of hydrogen-bond donors (Lipinski definition) is 1. The third-order valence-electron chi connectivity index (χ3n) is 5.96. The molecule has 4 aliphatic carbocycles. The molecule has 0 saturated heterocycles. The zero-order chi connectivity index (χ0) is 14.8. The minimum atomic E-state index is 0.247. The van der Waals surface area contributed by atoms with Gasteiger partial charge in [-0.3, -0.25) is 0 Å². The summed E-state index contributed by atoms with van der Waals surface area (Å²) >= 11 is 2.31. The molecule has 4 heteroatoms. The smallest absolute Gasteiger partial charge is 0.140 e. The highest BCUT2D eigenvalue weighted by Gasteiger charge is 2.53. The normalized spacial score (nSPS) is 37.4. The van der Waals surface area contributed by atoms with Gasteiger partial charge in [0.15, 0.2) is 0 Å². The molecule has 4 saturated carbocycles. The second kappa shape index (κ2) is 4.80. The van der Waals surface area contributed by atoms with E-state index in [0.717, 1.165) is 32.8 Å². The third-order valence-corrected chi connectivity index (χ3v) is 7.07. The molecule has 0 spiro atoms. The van der Waals surface area contributed by atoms with E-state index in [-0.39, 0.29) is 5.41 Å². The molecule has 0 unspecified atom stereocenters. The van der Waals surface area contributed by atoms with E-state index < -0.39 is 0 Å². The van der Waals surface area contributed by atoms with Crippen molar-refractivity contribution in [1.82, 2.24) is 9.97 Å². The molecule has 114 valence electrons. The summed E-state index contributed by atoms with van der Waals surface area (Å²) in [6.45, 7) is 4.40. The van der Waals surface area contributed by atoms with Gasteiger partial charge >= 0.3 is 0 Å². The van der Waals surface area contributed by atoms with Gasteiger partial charge in [-0.25, -0.2) is 9.97 Å². The number of hydrogen-bond acceptors (Lipinski definition) is 3. The van der Waals surface area contributed by atoms with Crippen molar-refractivity contribution in [3.63, 3.8) is 0 Å². The lowest BCUT2D eigenvalue weighted by molar-refractivity contribution is -0.00946. The van der Waals surface area contributed by atoms with E-state index in [9.17, 15) is 0 Å². The number of nitrogen functional groups attached to an aromatic ring is 1. The summed E-state index contributed by atoms with van der Waals surface area (Å²) in [5.41, 5.74) is 7.61. The Balaban J connectivity index is 1.79. The quantitative estimate of drug-likeness (QED) is 0.759. The van der Waals surface area contributed by atoms with Crippen molar-refractivity contribution in [3.05, 3.63) is 15.1 Å². The van der Waals surface area contributed by atoms with Crippen LogP contribution in [0.1, 0.15) is 69.8 Å². The number of rotatable bonds is 2. The highest BCUT2D eigenvalue weighted by atomic mass is 127. The predicted octanol–water partition coefficient (Wildman–Crippen LogP) is 4.25. The third kappa shape index (κ3) is 2.20. The van der Waals surface area contributed by atoms with Gasteiger partial charge in [0.1, 0.15) is 11.6 Å². The van der Waals surface area contributed by atoms with Crippen LogP contribution in [-0.2, 0) is 5.41 Å². The average Bonchev–Trinajstić information content (AvgIpc) is 2.39. The molecule has 0 aliphatic heterocycles. The van der Waals surface area contributed by atoms with Crippen LogP contribution in [0.5, 0.6) is 0 Å². The van der Waals surface area contributed by atoms with Crippen LogP contribution in [0.2, 0.25) is 0 Å². The molecule has 2 N–H and O–H groups in total. The second-order valence-electron chi connectivity index (χ2n) is 7.98. The lowest BCUT2D eigenvalue weighted by Gasteiger charge is -2.56. The predicted molar refractivity (Wildman–Crippen MR) is 93.1 cm³/mol. The monoisotopic (exact) mass is 397 g/mol. The van der Waals surface area contributed by atoms with Gasteiger partial charge in [-0.2, -0.15) is 0 Å². The molecular weight excluding hydrogens is 373 g/mol. The standard InChI is InChI=1S/C17H24IN3/c1-9(2)14-13(18)15(19)21-16(20-14)17-6-10-3-11(7-17)5-12(4-10)8-17/h9-12H,3-8H2,1-2H3,(H2,19,20,21). The minimum absolute atomic E-state index is 0.247. The number of anilines is 1. The fourth-order valence-electron chi connectivity index (χ4n) is 5.49. The summed E-state index contributed by atoms with van der Waals surface area (Å²) in [6, 6.07) is 0. The summed E-state index contributed by atoms with van der Waals surface area (Å²) in [5.74, 6) is 4.94. The number of aromatic nitrogens is 2. The van der Waals surface area contributed by atoms with Gasteiger partial charge in [0.2, 0.25) is 0 Å². The summed E-state index contributed by atoms with van der Waals surface area (Å²) in [4.78, 5) is 9.79. The second-order valence-corrected chi connectivity index (χ2v) is 9.06. The summed E-state index contributed by atoms with van der Waals surface area (Å²) in [7, 11) is 0. The van der Waals surface area contributed by atoms with E-state index in [1.165, 1.54) is 38.5 Å². The van der Waals surface area contributed by atoms with Crippen molar-refractivity contribution >= 4 is 28.4 Å². The molecule has 4 aliphatic rings. The Morgan fingerprint density at radius 3 is 2.05 bits per heavy atom. The van der Waals surface area contributed by atoms with Crippen molar-refractivity contribution in [2.75, 3.05) is 5.73 Å². The zero-order valence-electron chi connectivity index (χ0n) is 12.9. The molecule has 0 atom stereocenters. The average molecular weight is 397 g/mol. The van der Waals surface area contributed by atoms with Crippen LogP contribution in [0.4, 0.5) is 5.82 Å². The maximum absolute atomic E-state index is 6.22. The van der Waals surface area contributed by atoms with E-state index in [0.29, 0.717) is 11.7 Å². The van der Waals surface area contributed by atoms with Gasteiger partial charge in [-0.1, -0.05) is 13.8 Å². The maximum Gasteiger partial charge on any atom is 0.140 e. The molecule has 0 radical (unpaired) electrons. The summed E-state index contributed by atoms with van der Waals surface area (Å²) in [5, 5.41) is 0. The number of nitrogens with two attached hydrogens (primary N) is 1. The molecule has 1 aromatic rings. The van der Waals surface area contributed by atoms with Gasteiger partial charge < -0.3 is 5.73 Å². The molecule has 4 bridgehead atoms. The Morgan fingerprint density at radius 1 is 1.05 bits per heavy atom. The van der Waals surface area contributed by atoms with Crippen LogP contribution in [-0.4, -0.2) is 9.97 Å². The van der Waals surface area contributed by atoms with Crippen molar-refractivity contribution in [2.24, 2.45) is 17.8 Å². The minimum Gasteiger partial charge on any atom is -0.383 e. The Kier molecular flexibility index (Phi) is 3.25. The summed E-state index contributed by atoms with van der Waals surface area (Å²) in [6.07, 6.45) is 8.27. The van der Waals surface area contributed by atoms with Gasteiger partial charge in [0.05, 0.1) is 9.26 Å². The van der Waals surface area contributed by atoms with Crippen molar-refractivity contribution in [3.8, 4) is 0 Å². The van der Waals surface area contributed by atoms with Crippen LogP contribution >= 0.6 is 22.6 Å². The Labute approximate surface area is 140 Å². The van der Waals surface area contributed by atoms with Gasteiger partial charge in [0, 0.05) is 5.41 Å². The van der Waals surface area contributed by atoms with E-state index in [1.807, 2.05) is 0 Å². The molecule has 3 nitrogen and oxygen atoms in total. The van der Waals surface area contributed by atoms with Crippen molar-refractivity contribution in [2.45, 2.75) is 63.7 Å². The summed E-state index contributed by atoms with van der Waals surface area (Å²) < 4.78 is 1.05. The van der Waals surface area contributed by atoms with E-state index in [2.05, 4.69) is 36.4 Å². The largest absolute Gasteiger partial charge is 0.383 e. The SMILES string of the molecule is CC(C)c1nc(C23CC4CC(CC(C4)C2)C3)nc(N)c1I. The first kappa shape index (κ1) is 14.2. The zero-order valence-corrected chi connectivity index (χ0v) is 15.1. The first-order chi connectivity index (χ1) is 9.97. The lowest BCUT2D eigenvalue weighted by Crippen LogP contribution is -2.49. The fraction of sp³-hybridized carbons (Fsp3) is 0.765. The Bertz CT molecular complexity index is 546. The fourth-order valence-corrected chi connectivity index (χ4v) is 6.35. The van der Waals surface area contributed by atoms with Crippen LogP contribution in [0, 0.1) is 21.3 Å². The highest BCUT2D eigenvalue weighted by molar-refractivity contribution is 14.1. The number of halogens is 1. The molecule has 21 heavy (non-hydrogen) atoms. The van der Waals surface area contributed by atoms with E-state index in [4.69, 9.17) is 15.7 Å². The topological polar surface area (TPSA) is 51.8 Å².